The highest BCUT2D eigenvalue weighted by Crippen LogP contribution is 2.35. The van der Waals surface area contributed by atoms with Crippen LogP contribution >= 0.6 is 0 Å². The van der Waals surface area contributed by atoms with Crippen molar-refractivity contribution in [2.75, 3.05) is 10.6 Å². The van der Waals surface area contributed by atoms with Crippen LogP contribution in [0, 0.1) is 11.3 Å². The Morgan fingerprint density at radius 2 is 2.06 bits per heavy atom. The van der Waals surface area contributed by atoms with Crippen LogP contribution in [0.25, 0.3) is 11.1 Å². The van der Waals surface area contributed by atoms with E-state index in [0.29, 0.717) is 17.1 Å². The molecule has 1 aliphatic heterocycles. The Morgan fingerprint density at radius 1 is 1.17 bits per heavy atom. The molecular weight excluding hydrogens is 228 g/mol. The molecule has 3 rings (SSSR count). The summed E-state index contributed by atoms with van der Waals surface area (Å²) >= 11 is 0. The second-order valence-electron chi connectivity index (χ2n) is 3.85. The van der Waals surface area contributed by atoms with Crippen molar-refractivity contribution in [1.82, 2.24) is 4.98 Å². The van der Waals surface area contributed by atoms with Gasteiger partial charge in [-0.2, -0.15) is 5.26 Å². The number of amides is 2. The molecule has 1 aromatic heterocycles. The molecule has 0 unspecified atom stereocenters. The van der Waals surface area contributed by atoms with Crippen LogP contribution in [-0.4, -0.2) is 11.0 Å². The standard InChI is InChI=1S/C13H8N4O/c14-7-8-3-4-9-10-2-1-5-15-12(10)17-13(18)16-11(9)6-8/h1-6H,(H2,15,16,17,18). The maximum absolute atomic E-state index is 11.7. The van der Waals surface area contributed by atoms with Gasteiger partial charge in [0.25, 0.3) is 0 Å². The summed E-state index contributed by atoms with van der Waals surface area (Å²) in [6, 6.07) is 10.5. The third kappa shape index (κ3) is 1.57. The summed E-state index contributed by atoms with van der Waals surface area (Å²) in [5.41, 5.74) is 2.78. The summed E-state index contributed by atoms with van der Waals surface area (Å²) in [5, 5.41) is 14.2. The predicted molar refractivity (Wildman–Crippen MR) is 67.0 cm³/mol. The first-order valence-corrected chi connectivity index (χ1v) is 5.35. The molecule has 2 aromatic rings. The largest absolute Gasteiger partial charge is 0.324 e. The van der Waals surface area contributed by atoms with Gasteiger partial charge in [-0.05, 0) is 24.3 Å². The molecule has 5 heteroatoms. The zero-order valence-electron chi connectivity index (χ0n) is 9.27. The number of pyridine rings is 1. The van der Waals surface area contributed by atoms with E-state index in [1.54, 1.807) is 24.4 Å². The molecule has 86 valence electrons. The molecule has 0 saturated heterocycles. The zero-order valence-corrected chi connectivity index (χ0v) is 9.27. The fourth-order valence-electron chi connectivity index (χ4n) is 1.94. The number of nitrogens with zero attached hydrogens (tertiary/aromatic N) is 2. The molecule has 0 spiro atoms. The van der Waals surface area contributed by atoms with Crippen LogP contribution in [0.15, 0.2) is 36.5 Å². The van der Waals surface area contributed by atoms with Crippen molar-refractivity contribution in [2.45, 2.75) is 0 Å². The van der Waals surface area contributed by atoms with Gasteiger partial charge in [0, 0.05) is 17.3 Å². The van der Waals surface area contributed by atoms with Crippen LogP contribution in [0.2, 0.25) is 0 Å². The lowest BCUT2D eigenvalue weighted by Gasteiger charge is -2.07. The molecular formula is C13H8N4O. The third-order valence-electron chi connectivity index (χ3n) is 2.73. The lowest BCUT2D eigenvalue weighted by Crippen LogP contribution is -2.18. The van der Waals surface area contributed by atoms with Gasteiger partial charge in [-0.3, -0.25) is 5.32 Å². The van der Waals surface area contributed by atoms with Gasteiger partial charge in [0.2, 0.25) is 0 Å². The summed E-state index contributed by atoms with van der Waals surface area (Å²) in [4.78, 5) is 15.8. The molecule has 1 aromatic carbocycles. The van der Waals surface area contributed by atoms with Crippen LogP contribution in [0.4, 0.5) is 16.3 Å². The van der Waals surface area contributed by atoms with Crippen molar-refractivity contribution in [2.24, 2.45) is 0 Å². The van der Waals surface area contributed by atoms with E-state index in [9.17, 15) is 4.79 Å². The van der Waals surface area contributed by atoms with Crippen LogP contribution in [0.5, 0.6) is 0 Å². The van der Waals surface area contributed by atoms with E-state index in [1.807, 2.05) is 18.2 Å². The Kier molecular flexibility index (Phi) is 2.21. The molecule has 5 nitrogen and oxygen atoms in total. The number of carbonyl (C=O) groups excluding carboxylic acids is 1. The number of aromatic nitrogens is 1. The van der Waals surface area contributed by atoms with E-state index >= 15 is 0 Å². The van der Waals surface area contributed by atoms with E-state index in [1.165, 1.54) is 0 Å². The number of hydrogen-bond acceptors (Lipinski definition) is 3. The molecule has 0 saturated carbocycles. The van der Waals surface area contributed by atoms with Crippen molar-refractivity contribution in [1.29, 1.82) is 5.26 Å². The normalized spacial score (nSPS) is 12.3. The molecule has 0 radical (unpaired) electrons. The number of anilines is 2. The van der Waals surface area contributed by atoms with Gasteiger partial charge >= 0.3 is 6.03 Å². The van der Waals surface area contributed by atoms with Gasteiger partial charge in [-0.25, -0.2) is 9.78 Å². The molecule has 0 aliphatic carbocycles. The number of fused-ring (bicyclic) bond motifs is 3. The van der Waals surface area contributed by atoms with Crippen LogP contribution in [0.3, 0.4) is 0 Å². The van der Waals surface area contributed by atoms with E-state index in [-0.39, 0.29) is 6.03 Å². The number of rotatable bonds is 0. The Labute approximate surface area is 103 Å². The zero-order chi connectivity index (χ0) is 12.5. The van der Waals surface area contributed by atoms with Crippen molar-refractivity contribution in [3.05, 3.63) is 42.1 Å². The lowest BCUT2D eigenvalue weighted by atomic mass is 10.0. The molecule has 2 heterocycles. The topological polar surface area (TPSA) is 77.8 Å². The van der Waals surface area contributed by atoms with Crippen molar-refractivity contribution >= 4 is 17.5 Å². The molecule has 0 bridgehead atoms. The van der Waals surface area contributed by atoms with Crippen molar-refractivity contribution in [3.8, 4) is 17.2 Å². The summed E-state index contributed by atoms with van der Waals surface area (Å²) in [6.45, 7) is 0. The van der Waals surface area contributed by atoms with Gasteiger partial charge in [-0.15, -0.1) is 0 Å². The highest BCUT2D eigenvalue weighted by Gasteiger charge is 2.18. The summed E-state index contributed by atoms with van der Waals surface area (Å²) in [5.74, 6) is 0.512. The second-order valence-corrected chi connectivity index (χ2v) is 3.85. The molecule has 2 amide bonds. The third-order valence-corrected chi connectivity index (χ3v) is 2.73. The number of urea groups is 1. The number of hydrogen-bond donors (Lipinski definition) is 2. The fraction of sp³-hybridized carbons (Fsp3) is 0. The van der Waals surface area contributed by atoms with E-state index in [4.69, 9.17) is 5.26 Å². The van der Waals surface area contributed by atoms with Crippen LogP contribution in [0.1, 0.15) is 5.56 Å². The van der Waals surface area contributed by atoms with Gasteiger partial charge < -0.3 is 5.32 Å². The van der Waals surface area contributed by atoms with Gasteiger partial charge in [0.15, 0.2) is 0 Å². The Hall–Kier alpha value is -2.87. The first kappa shape index (κ1) is 10.3. The first-order chi connectivity index (χ1) is 8.78. The van der Waals surface area contributed by atoms with E-state index in [0.717, 1.165) is 11.1 Å². The maximum atomic E-state index is 11.7. The minimum absolute atomic E-state index is 0.358. The molecule has 0 atom stereocenters. The smallest absolute Gasteiger partial charge is 0.307 e. The van der Waals surface area contributed by atoms with E-state index < -0.39 is 0 Å². The van der Waals surface area contributed by atoms with Crippen molar-refractivity contribution < 1.29 is 4.79 Å². The highest BCUT2D eigenvalue weighted by molar-refractivity contribution is 6.07. The van der Waals surface area contributed by atoms with Crippen LogP contribution in [-0.2, 0) is 0 Å². The number of benzene rings is 1. The van der Waals surface area contributed by atoms with Gasteiger partial charge in [0.1, 0.15) is 5.82 Å². The quantitative estimate of drug-likeness (QED) is 0.737. The highest BCUT2D eigenvalue weighted by atomic mass is 16.2. The minimum Gasteiger partial charge on any atom is -0.307 e. The van der Waals surface area contributed by atoms with Gasteiger partial charge in [-0.1, -0.05) is 6.07 Å². The Morgan fingerprint density at radius 3 is 2.89 bits per heavy atom. The predicted octanol–water partition coefficient (Wildman–Crippen LogP) is 2.58. The average Bonchev–Trinajstić information content (AvgIpc) is 2.53. The molecule has 1 aliphatic rings. The summed E-state index contributed by atoms with van der Waals surface area (Å²) in [6.07, 6.45) is 1.62. The van der Waals surface area contributed by atoms with Crippen molar-refractivity contribution in [3.63, 3.8) is 0 Å². The second kappa shape index (κ2) is 3.86. The number of carbonyl (C=O) groups is 1. The van der Waals surface area contributed by atoms with E-state index in [2.05, 4.69) is 15.6 Å². The van der Waals surface area contributed by atoms with Gasteiger partial charge in [0.05, 0.1) is 17.3 Å². The minimum atomic E-state index is -0.358. The summed E-state index contributed by atoms with van der Waals surface area (Å²) < 4.78 is 0. The SMILES string of the molecule is N#Cc1ccc2c(c1)NC(=O)Nc1ncccc1-2. The summed E-state index contributed by atoms with van der Waals surface area (Å²) in [7, 11) is 0. The monoisotopic (exact) mass is 236 g/mol. The fourth-order valence-corrected chi connectivity index (χ4v) is 1.94. The average molecular weight is 236 g/mol. The number of nitriles is 1. The lowest BCUT2D eigenvalue weighted by molar-refractivity contribution is 0.262. The molecule has 2 N–H and O–H groups in total. The Bertz CT molecular complexity index is 688. The molecule has 0 fully saturated rings. The number of nitrogens with one attached hydrogen (secondary N) is 2. The Balaban J connectivity index is 2.28. The molecule has 18 heavy (non-hydrogen) atoms. The first-order valence-electron chi connectivity index (χ1n) is 5.35. The maximum Gasteiger partial charge on any atom is 0.324 e. The van der Waals surface area contributed by atoms with Crippen LogP contribution < -0.4 is 10.6 Å².